The molecule has 4 heterocycles. The third kappa shape index (κ3) is 2.50. The topological polar surface area (TPSA) is 49.6 Å². The van der Waals surface area contributed by atoms with Crippen molar-refractivity contribution in [2.75, 3.05) is 26.2 Å². The third-order valence-corrected chi connectivity index (χ3v) is 6.10. The minimum absolute atomic E-state index is 0.162. The smallest absolute Gasteiger partial charge is 0.231 e. The average molecular weight is 343 g/mol. The summed E-state index contributed by atoms with van der Waals surface area (Å²) in [5.74, 6) is 1.36. The number of carbonyl (C=O) groups is 1. The Bertz CT molecular complexity index is 713. The highest BCUT2D eigenvalue weighted by Crippen LogP contribution is 2.50. The normalized spacial score (nSPS) is 27.4. The Kier molecular flexibility index (Phi) is 4.02. The van der Waals surface area contributed by atoms with E-state index >= 15 is 0 Å². The van der Waals surface area contributed by atoms with Crippen LogP contribution in [0.1, 0.15) is 23.1 Å². The summed E-state index contributed by atoms with van der Waals surface area (Å²) < 4.78 is 5.50. The number of likely N-dealkylation sites (tertiary alicyclic amines) is 2. The predicted molar refractivity (Wildman–Crippen MR) is 92.7 cm³/mol. The van der Waals surface area contributed by atoms with Crippen LogP contribution in [0.5, 0.6) is 0 Å². The van der Waals surface area contributed by atoms with Gasteiger partial charge in [0.05, 0.1) is 23.2 Å². The second kappa shape index (κ2) is 6.18. The van der Waals surface area contributed by atoms with Gasteiger partial charge in [0.1, 0.15) is 5.76 Å². The molecule has 0 aliphatic carbocycles. The van der Waals surface area contributed by atoms with E-state index in [1.54, 1.807) is 17.6 Å². The number of hydrogen-bond acceptors (Lipinski definition) is 5. The van der Waals surface area contributed by atoms with E-state index in [1.165, 1.54) is 0 Å². The molecule has 0 saturated carbocycles. The molecule has 2 fully saturated rings. The monoisotopic (exact) mass is 343 g/mol. The highest BCUT2D eigenvalue weighted by atomic mass is 32.1. The molecule has 2 saturated heterocycles. The highest BCUT2D eigenvalue weighted by Gasteiger charge is 2.57. The third-order valence-electron chi connectivity index (χ3n) is 5.21. The summed E-state index contributed by atoms with van der Waals surface area (Å²) in [6.07, 6.45) is 6.24. The molecule has 0 unspecified atom stereocenters. The van der Waals surface area contributed by atoms with Gasteiger partial charge in [-0.3, -0.25) is 9.69 Å². The van der Waals surface area contributed by atoms with Crippen molar-refractivity contribution in [1.82, 2.24) is 14.8 Å². The molecule has 5 nitrogen and oxygen atoms in total. The van der Waals surface area contributed by atoms with Crippen molar-refractivity contribution in [3.05, 3.63) is 53.4 Å². The van der Waals surface area contributed by atoms with Crippen LogP contribution in [0, 0.1) is 5.41 Å². The fraction of sp³-hybridized carbons (Fsp3) is 0.444. The second-order valence-corrected chi connectivity index (χ2v) is 7.54. The van der Waals surface area contributed by atoms with Crippen LogP contribution in [0.3, 0.4) is 0 Å². The van der Waals surface area contributed by atoms with E-state index in [2.05, 4.69) is 16.5 Å². The number of hydrogen-bond donors (Lipinski definition) is 0. The highest BCUT2D eigenvalue weighted by molar-refractivity contribution is 7.09. The molecule has 2 aromatic rings. The van der Waals surface area contributed by atoms with Gasteiger partial charge in [0.25, 0.3) is 0 Å². The van der Waals surface area contributed by atoms with E-state index in [9.17, 15) is 4.79 Å². The van der Waals surface area contributed by atoms with Gasteiger partial charge in [-0.2, -0.15) is 0 Å². The van der Waals surface area contributed by atoms with Crippen molar-refractivity contribution < 1.29 is 9.21 Å². The lowest BCUT2D eigenvalue weighted by atomic mass is 9.77. The Morgan fingerprint density at radius 3 is 3.17 bits per heavy atom. The number of rotatable bonds is 5. The molecular weight excluding hydrogens is 322 g/mol. The van der Waals surface area contributed by atoms with Gasteiger partial charge < -0.3 is 9.32 Å². The van der Waals surface area contributed by atoms with E-state index in [1.807, 2.05) is 34.7 Å². The number of nitrogens with zero attached hydrogens (tertiary/aromatic N) is 3. The van der Waals surface area contributed by atoms with E-state index in [4.69, 9.17) is 4.42 Å². The van der Waals surface area contributed by atoms with Crippen LogP contribution < -0.4 is 0 Å². The summed E-state index contributed by atoms with van der Waals surface area (Å²) in [6, 6.07) is 3.90. The van der Waals surface area contributed by atoms with Crippen molar-refractivity contribution >= 4 is 17.2 Å². The molecule has 2 aliphatic heterocycles. The number of furan rings is 1. The largest absolute Gasteiger partial charge is 0.468 e. The quantitative estimate of drug-likeness (QED) is 0.783. The standard InChI is InChI=1S/C18H21N3O2S/c1-2-7-21-8-5-18(17(21)22)13-20(11-14-4-3-9-23-14)12-15(18)16-19-6-10-24-16/h2-4,6,9-10,15H,1,5,7-8,11-13H2/t15-,18+/m0/s1. The van der Waals surface area contributed by atoms with Crippen molar-refractivity contribution in [3.8, 4) is 0 Å². The molecule has 4 rings (SSSR count). The van der Waals surface area contributed by atoms with Crippen LogP contribution >= 0.6 is 11.3 Å². The average Bonchev–Trinajstić information content (AvgIpc) is 3.34. The maximum absolute atomic E-state index is 13.2. The zero-order chi connectivity index (χ0) is 16.6. The zero-order valence-corrected chi connectivity index (χ0v) is 14.4. The van der Waals surface area contributed by atoms with E-state index < -0.39 is 0 Å². The van der Waals surface area contributed by atoms with Gasteiger partial charge in [0, 0.05) is 43.7 Å². The minimum Gasteiger partial charge on any atom is -0.468 e. The lowest BCUT2D eigenvalue weighted by molar-refractivity contribution is -0.135. The van der Waals surface area contributed by atoms with Gasteiger partial charge in [-0.15, -0.1) is 17.9 Å². The molecule has 2 aromatic heterocycles. The summed E-state index contributed by atoms with van der Waals surface area (Å²) in [7, 11) is 0. The first-order valence-electron chi connectivity index (χ1n) is 8.27. The molecule has 0 radical (unpaired) electrons. The number of aromatic nitrogens is 1. The molecule has 2 atom stereocenters. The lowest BCUT2D eigenvalue weighted by Gasteiger charge is -2.27. The van der Waals surface area contributed by atoms with Gasteiger partial charge in [0.15, 0.2) is 0 Å². The fourth-order valence-corrected chi connectivity index (χ4v) is 4.98. The summed E-state index contributed by atoms with van der Waals surface area (Å²) >= 11 is 1.66. The fourth-order valence-electron chi connectivity index (χ4n) is 4.13. The Labute approximate surface area is 145 Å². The second-order valence-electron chi connectivity index (χ2n) is 6.62. The molecule has 0 N–H and O–H groups in total. The van der Waals surface area contributed by atoms with Gasteiger partial charge in [-0.05, 0) is 18.6 Å². The predicted octanol–water partition coefficient (Wildman–Crippen LogP) is 2.74. The van der Waals surface area contributed by atoms with E-state index in [0.717, 1.165) is 43.4 Å². The molecule has 24 heavy (non-hydrogen) atoms. The van der Waals surface area contributed by atoms with Crippen molar-refractivity contribution in [1.29, 1.82) is 0 Å². The summed E-state index contributed by atoms with van der Waals surface area (Å²) in [5.41, 5.74) is -0.354. The van der Waals surface area contributed by atoms with Crippen molar-refractivity contribution in [2.24, 2.45) is 5.41 Å². The maximum atomic E-state index is 13.2. The number of thiazole rings is 1. The molecular formula is C18H21N3O2S. The van der Waals surface area contributed by atoms with Crippen LogP contribution in [0.25, 0.3) is 0 Å². The van der Waals surface area contributed by atoms with E-state index in [-0.39, 0.29) is 17.2 Å². The molecule has 2 aliphatic rings. The van der Waals surface area contributed by atoms with Gasteiger partial charge in [0.2, 0.25) is 5.91 Å². The van der Waals surface area contributed by atoms with E-state index in [0.29, 0.717) is 6.54 Å². The maximum Gasteiger partial charge on any atom is 0.231 e. The number of amides is 1. The van der Waals surface area contributed by atoms with Crippen LogP contribution in [0.2, 0.25) is 0 Å². The Balaban J connectivity index is 1.62. The minimum atomic E-state index is -0.354. The SMILES string of the molecule is C=CCN1CC[C@]2(CN(Cc3ccco3)C[C@H]2c2nccs2)C1=O. The van der Waals surface area contributed by atoms with Gasteiger partial charge in [-0.1, -0.05) is 6.08 Å². The Morgan fingerprint density at radius 2 is 2.46 bits per heavy atom. The van der Waals surface area contributed by atoms with Gasteiger partial charge >= 0.3 is 0 Å². The summed E-state index contributed by atoms with van der Waals surface area (Å²) in [6.45, 7) is 7.57. The number of carbonyl (C=O) groups excluding carboxylic acids is 1. The van der Waals surface area contributed by atoms with Crippen LogP contribution in [0.4, 0.5) is 0 Å². The first kappa shape index (κ1) is 15.6. The summed E-state index contributed by atoms with van der Waals surface area (Å²) in [5, 5.41) is 3.07. The first-order valence-corrected chi connectivity index (χ1v) is 9.15. The molecule has 1 amide bonds. The molecule has 6 heteroatoms. The molecule has 1 spiro atoms. The first-order chi connectivity index (χ1) is 11.7. The van der Waals surface area contributed by atoms with Crippen molar-refractivity contribution in [2.45, 2.75) is 18.9 Å². The van der Waals surface area contributed by atoms with Crippen LogP contribution in [-0.4, -0.2) is 46.9 Å². The van der Waals surface area contributed by atoms with Gasteiger partial charge in [-0.25, -0.2) is 4.98 Å². The van der Waals surface area contributed by atoms with Crippen molar-refractivity contribution in [3.63, 3.8) is 0 Å². The molecule has 126 valence electrons. The molecule has 0 bridgehead atoms. The summed E-state index contributed by atoms with van der Waals surface area (Å²) in [4.78, 5) is 22.0. The Hall–Kier alpha value is -1.92. The zero-order valence-electron chi connectivity index (χ0n) is 13.6. The van der Waals surface area contributed by atoms with Crippen LogP contribution in [-0.2, 0) is 11.3 Å². The molecule has 0 aromatic carbocycles. The lowest BCUT2D eigenvalue weighted by Crippen LogP contribution is -2.39. The van der Waals surface area contributed by atoms with Crippen LogP contribution in [0.15, 0.2) is 47.0 Å². The Morgan fingerprint density at radius 1 is 1.54 bits per heavy atom.